The number of alkyl halides is 6. The zero-order chi connectivity index (χ0) is 21.8. The van der Waals surface area contributed by atoms with E-state index in [1.54, 1.807) is 4.90 Å². The van der Waals surface area contributed by atoms with Crippen molar-refractivity contribution in [1.29, 1.82) is 0 Å². The Kier molecular flexibility index (Phi) is 4.52. The smallest absolute Gasteiger partial charge is 0.362 e. The number of benzene rings is 1. The summed E-state index contributed by atoms with van der Waals surface area (Å²) in [5, 5.41) is 8.58. The summed E-state index contributed by atoms with van der Waals surface area (Å²) in [6.07, 6.45) is -7.41. The van der Waals surface area contributed by atoms with Gasteiger partial charge >= 0.3 is 12.4 Å². The molecule has 13 heteroatoms. The first-order valence-corrected chi connectivity index (χ1v) is 8.58. The lowest BCUT2D eigenvalue weighted by Crippen LogP contribution is -2.79. The van der Waals surface area contributed by atoms with E-state index in [9.17, 15) is 31.1 Å². The summed E-state index contributed by atoms with van der Waals surface area (Å²) in [6.45, 7) is 0.499. The lowest BCUT2D eigenvalue weighted by Gasteiger charge is -2.62. The number of fused-ring (bicyclic) bond motifs is 1. The van der Waals surface area contributed by atoms with Crippen LogP contribution in [0.5, 0.6) is 0 Å². The molecule has 0 saturated carbocycles. The maximum absolute atomic E-state index is 13.1. The molecule has 2 aliphatic heterocycles. The van der Waals surface area contributed by atoms with Gasteiger partial charge in [0.05, 0.1) is 28.8 Å². The molecule has 2 aliphatic rings. The molecule has 1 aromatic heterocycles. The van der Waals surface area contributed by atoms with Crippen molar-refractivity contribution in [1.82, 2.24) is 15.4 Å². The van der Waals surface area contributed by atoms with Crippen LogP contribution in [0.1, 0.15) is 21.5 Å². The van der Waals surface area contributed by atoms with Gasteiger partial charge in [-0.15, -0.1) is 0 Å². The summed E-state index contributed by atoms with van der Waals surface area (Å²) < 4.78 is 78.3. The Morgan fingerprint density at radius 1 is 0.933 bits per heavy atom. The highest BCUT2D eigenvalue weighted by molar-refractivity contribution is 5.92. The predicted octanol–water partition coefficient (Wildman–Crippen LogP) is 2.71. The SMILES string of the molecule is O=C(NO)c1cnc(N2CC3[C@H]2CN3c2cc(C(F)(F)F)cc(C(F)(F)F)c2)nc1. The van der Waals surface area contributed by atoms with E-state index in [0.717, 1.165) is 0 Å². The van der Waals surface area contributed by atoms with Gasteiger partial charge in [-0.05, 0) is 18.2 Å². The number of nitrogens with zero attached hydrogens (tertiary/aromatic N) is 4. The zero-order valence-electron chi connectivity index (χ0n) is 14.9. The average Bonchev–Trinajstić information content (AvgIpc) is 2.67. The van der Waals surface area contributed by atoms with Gasteiger partial charge in [0, 0.05) is 31.2 Å². The summed E-state index contributed by atoms with van der Waals surface area (Å²) in [5.41, 5.74) is -1.39. The maximum Gasteiger partial charge on any atom is 0.416 e. The van der Waals surface area contributed by atoms with Crippen molar-refractivity contribution in [3.8, 4) is 0 Å². The molecule has 0 aliphatic carbocycles. The van der Waals surface area contributed by atoms with E-state index in [4.69, 9.17) is 5.21 Å². The third-order valence-electron chi connectivity index (χ3n) is 5.18. The van der Waals surface area contributed by atoms with E-state index >= 15 is 0 Å². The number of carbonyl (C=O) groups excluding carboxylic acids is 1. The molecule has 2 atom stereocenters. The molecule has 3 heterocycles. The van der Waals surface area contributed by atoms with Crippen molar-refractivity contribution in [2.24, 2.45) is 0 Å². The van der Waals surface area contributed by atoms with Crippen LogP contribution in [0.3, 0.4) is 0 Å². The molecule has 0 radical (unpaired) electrons. The Morgan fingerprint density at radius 3 is 1.87 bits per heavy atom. The number of piperazine rings is 1. The minimum absolute atomic E-state index is 0.0252. The predicted molar refractivity (Wildman–Crippen MR) is 90.0 cm³/mol. The molecule has 7 nitrogen and oxygen atoms in total. The van der Waals surface area contributed by atoms with Gasteiger partial charge < -0.3 is 9.80 Å². The molecule has 2 aromatic rings. The highest BCUT2D eigenvalue weighted by Gasteiger charge is 2.53. The van der Waals surface area contributed by atoms with E-state index < -0.39 is 29.4 Å². The van der Waals surface area contributed by atoms with Gasteiger partial charge in [-0.25, -0.2) is 15.4 Å². The quantitative estimate of drug-likeness (QED) is 0.440. The Bertz CT molecular complexity index is 946. The van der Waals surface area contributed by atoms with Crippen LogP contribution in [0.15, 0.2) is 30.6 Å². The standard InChI is InChI=1S/C17H13F6N5O2/c18-16(19,20)9-1-10(17(21,22)23)3-11(2-9)27-6-13-12(27)7-28(13)15-24-4-8(5-25-15)14(29)26-30/h1-5,12-13,30H,6-7H2,(H,26,29)/t12?,13-/m1/s1. The number of hydrogen-bond donors (Lipinski definition) is 2. The van der Waals surface area contributed by atoms with Crippen LogP contribution in [0.25, 0.3) is 0 Å². The van der Waals surface area contributed by atoms with Crippen LogP contribution in [0.2, 0.25) is 0 Å². The summed E-state index contributed by atoms with van der Waals surface area (Å²) in [5.74, 6) is -0.520. The van der Waals surface area contributed by atoms with Crippen LogP contribution in [0, 0.1) is 0 Å². The lowest BCUT2D eigenvalue weighted by molar-refractivity contribution is -0.143. The van der Waals surface area contributed by atoms with E-state index in [1.807, 2.05) is 0 Å². The van der Waals surface area contributed by atoms with E-state index in [2.05, 4.69) is 9.97 Å². The molecule has 160 valence electrons. The Labute approximate surface area is 164 Å². The van der Waals surface area contributed by atoms with Crippen molar-refractivity contribution in [2.75, 3.05) is 22.9 Å². The van der Waals surface area contributed by atoms with Gasteiger partial charge in [-0.3, -0.25) is 10.0 Å². The number of rotatable bonds is 3. The first kappa shape index (κ1) is 20.2. The van der Waals surface area contributed by atoms with Crippen LogP contribution >= 0.6 is 0 Å². The summed E-state index contributed by atoms with van der Waals surface area (Å²) in [7, 11) is 0. The zero-order valence-corrected chi connectivity index (χ0v) is 14.9. The molecule has 2 saturated heterocycles. The molecular weight excluding hydrogens is 420 g/mol. The van der Waals surface area contributed by atoms with Crippen molar-refractivity contribution < 1.29 is 36.3 Å². The van der Waals surface area contributed by atoms with Crippen LogP contribution < -0.4 is 15.3 Å². The van der Waals surface area contributed by atoms with E-state index in [-0.39, 0.29) is 41.9 Å². The molecular formula is C17H13F6N5O2. The molecule has 4 rings (SSSR count). The van der Waals surface area contributed by atoms with Crippen molar-refractivity contribution >= 4 is 17.5 Å². The summed E-state index contributed by atoms with van der Waals surface area (Å²) in [4.78, 5) is 22.5. The molecule has 1 amide bonds. The number of halogens is 6. The fraction of sp³-hybridized carbons (Fsp3) is 0.353. The summed E-state index contributed by atoms with van der Waals surface area (Å²) >= 11 is 0. The normalized spacial score (nSPS) is 20.9. The largest absolute Gasteiger partial charge is 0.416 e. The second kappa shape index (κ2) is 6.72. The minimum atomic E-state index is -4.90. The topological polar surface area (TPSA) is 81.6 Å². The molecule has 0 spiro atoms. The van der Waals surface area contributed by atoms with Crippen LogP contribution in [0.4, 0.5) is 38.0 Å². The Hall–Kier alpha value is -3.09. The number of aromatic nitrogens is 2. The molecule has 0 bridgehead atoms. The van der Waals surface area contributed by atoms with Crippen LogP contribution in [-0.4, -0.2) is 46.3 Å². The number of hydroxylamine groups is 1. The second-order valence-electron chi connectivity index (χ2n) is 6.92. The molecule has 2 N–H and O–H groups in total. The molecule has 1 unspecified atom stereocenters. The first-order chi connectivity index (χ1) is 14.0. The van der Waals surface area contributed by atoms with Gasteiger partial charge in [0.1, 0.15) is 0 Å². The number of nitrogens with one attached hydrogen (secondary N) is 1. The van der Waals surface area contributed by atoms with Crippen molar-refractivity contribution in [3.63, 3.8) is 0 Å². The number of amides is 1. The molecule has 30 heavy (non-hydrogen) atoms. The first-order valence-electron chi connectivity index (χ1n) is 8.58. The van der Waals surface area contributed by atoms with Gasteiger partial charge in [-0.1, -0.05) is 0 Å². The van der Waals surface area contributed by atoms with Gasteiger partial charge in [0.2, 0.25) is 5.95 Å². The highest BCUT2D eigenvalue weighted by atomic mass is 19.4. The fourth-order valence-corrected chi connectivity index (χ4v) is 3.54. The van der Waals surface area contributed by atoms with Crippen molar-refractivity contribution in [3.05, 3.63) is 47.3 Å². The van der Waals surface area contributed by atoms with Gasteiger partial charge in [-0.2, -0.15) is 26.3 Å². The highest BCUT2D eigenvalue weighted by Crippen LogP contribution is 2.43. The number of hydrogen-bond acceptors (Lipinski definition) is 6. The fourth-order valence-electron chi connectivity index (χ4n) is 3.54. The molecule has 2 fully saturated rings. The van der Waals surface area contributed by atoms with E-state index in [0.29, 0.717) is 18.7 Å². The van der Waals surface area contributed by atoms with E-state index in [1.165, 1.54) is 22.8 Å². The third-order valence-corrected chi connectivity index (χ3v) is 5.18. The third kappa shape index (κ3) is 3.38. The van der Waals surface area contributed by atoms with Crippen LogP contribution in [-0.2, 0) is 12.4 Å². The molecule has 1 aromatic carbocycles. The number of anilines is 2. The Balaban J connectivity index is 1.51. The minimum Gasteiger partial charge on any atom is -0.362 e. The summed E-state index contributed by atoms with van der Waals surface area (Å²) in [6, 6.07) is 1.08. The Morgan fingerprint density at radius 2 is 1.43 bits per heavy atom. The lowest BCUT2D eigenvalue weighted by atomic mass is 9.85. The monoisotopic (exact) mass is 433 g/mol. The maximum atomic E-state index is 13.1. The average molecular weight is 433 g/mol. The second-order valence-corrected chi connectivity index (χ2v) is 6.92. The van der Waals surface area contributed by atoms with Gasteiger partial charge in [0.15, 0.2) is 0 Å². The van der Waals surface area contributed by atoms with Crippen molar-refractivity contribution in [2.45, 2.75) is 24.4 Å². The number of carbonyl (C=O) groups is 1. The van der Waals surface area contributed by atoms with Gasteiger partial charge in [0.25, 0.3) is 5.91 Å².